The minimum absolute atomic E-state index is 0.146. The maximum atomic E-state index is 9.04. The summed E-state index contributed by atoms with van der Waals surface area (Å²) in [5.41, 5.74) is 0. The van der Waals surface area contributed by atoms with Crippen molar-refractivity contribution >= 4 is 5.82 Å². The van der Waals surface area contributed by atoms with Gasteiger partial charge >= 0.3 is 0 Å². The Morgan fingerprint density at radius 1 is 1.27 bits per heavy atom. The highest BCUT2D eigenvalue weighted by atomic mass is 16.5. The molecule has 0 saturated carbocycles. The van der Waals surface area contributed by atoms with Crippen LogP contribution in [0.5, 0.6) is 5.88 Å². The number of aliphatic hydroxyl groups is 1. The molecule has 2 aromatic heterocycles. The molecule has 1 aliphatic rings. The van der Waals surface area contributed by atoms with Crippen molar-refractivity contribution in [2.24, 2.45) is 7.05 Å². The second kappa shape index (κ2) is 8.41. The molecule has 0 bridgehead atoms. The molecular weight excluding hydrogens is 334 g/mol. The van der Waals surface area contributed by atoms with Crippen LogP contribution in [0.3, 0.4) is 0 Å². The molecule has 0 atom stereocenters. The second-order valence-electron chi connectivity index (χ2n) is 6.67. The van der Waals surface area contributed by atoms with E-state index in [0.29, 0.717) is 24.9 Å². The van der Waals surface area contributed by atoms with Crippen LogP contribution in [0.2, 0.25) is 0 Å². The molecule has 2 aromatic rings. The number of ether oxygens (including phenoxy) is 1. The molecule has 26 heavy (non-hydrogen) atoms. The lowest BCUT2D eigenvalue weighted by Gasteiger charge is -2.32. The molecule has 1 N–H and O–H groups in total. The molecule has 1 saturated heterocycles. The highest BCUT2D eigenvalue weighted by Gasteiger charge is 2.26. The molecule has 0 radical (unpaired) electrons. The molecule has 0 aromatic carbocycles. The van der Waals surface area contributed by atoms with Crippen LogP contribution in [0, 0.1) is 0 Å². The number of aromatic nitrogens is 5. The van der Waals surface area contributed by atoms with Crippen molar-refractivity contribution < 1.29 is 9.84 Å². The fourth-order valence-corrected chi connectivity index (χ4v) is 3.34. The summed E-state index contributed by atoms with van der Waals surface area (Å²) in [4.78, 5) is 12.7. The van der Waals surface area contributed by atoms with E-state index in [1.54, 1.807) is 7.11 Å². The van der Waals surface area contributed by atoms with E-state index >= 15 is 0 Å². The average Bonchev–Trinajstić information content (AvgIpc) is 3.02. The minimum Gasteiger partial charge on any atom is -0.481 e. The maximum absolute atomic E-state index is 9.04. The number of aliphatic hydroxyl groups excluding tert-OH is 1. The largest absolute Gasteiger partial charge is 0.481 e. The lowest BCUT2D eigenvalue weighted by molar-refractivity contribution is 0.213. The highest BCUT2D eigenvalue weighted by Crippen LogP contribution is 2.29. The minimum atomic E-state index is 0.146. The molecule has 9 nitrogen and oxygen atoms in total. The summed E-state index contributed by atoms with van der Waals surface area (Å²) in [5, 5.41) is 17.8. The van der Waals surface area contributed by atoms with Crippen LogP contribution >= 0.6 is 0 Å². The quantitative estimate of drug-likeness (QED) is 0.759. The predicted molar refractivity (Wildman–Crippen MR) is 97.2 cm³/mol. The first kappa shape index (κ1) is 18.5. The third-order valence-corrected chi connectivity index (χ3v) is 4.91. The first-order valence-corrected chi connectivity index (χ1v) is 8.91. The van der Waals surface area contributed by atoms with Crippen LogP contribution in [0.1, 0.15) is 30.4 Å². The highest BCUT2D eigenvalue weighted by molar-refractivity contribution is 5.41. The number of likely N-dealkylation sites (N-methyl/N-ethyl adjacent to an activating group) is 1. The smallest absolute Gasteiger partial charge is 0.218 e. The summed E-state index contributed by atoms with van der Waals surface area (Å²) < 4.78 is 7.28. The Morgan fingerprint density at radius 3 is 2.73 bits per heavy atom. The van der Waals surface area contributed by atoms with Gasteiger partial charge in [0.05, 0.1) is 20.3 Å². The van der Waals surface area contributed by atoms with Crippen LogP contribution in [-0.2, 0) is 13.6 Å². The van der Waals surface area contributed by atoms with E-state index in [-0.39, 0.29) is 6.61 Å². The van der Waals surface area contributed by atoms with Gasteiger partial charge in [0.25, 0.3) is 0 Å². The topological polar surface area (TPSA) is 92.4 Å². The molecule has 142 valence electrons. The van der Waals surface area contributed by atoms with Gasteiger partial charge in [-0.3, -0.25) is 4.90 Å². The maximum Gasteiger partial charge on any atom is 0.218 e. The molecular formula is C17H27N7O2. The third-order valence-electron chi connectivity index (χ3n) is 4.91. The van der Waals surface area contributed by atoms with Gasteiger partial charge in [-0.15, -0.1) is 10.2 Å². The molecule has 3 rings (SSSR count). The Morgan fingerprint density at radius 2 is 2.04 bits per heavy atom. The zero-order chi connectivity index (χ0) is 18.5. The Kier molecular flexibility index (Phi) is 6.00. The Hall–Kier alpha value is -2.26. The standard InChI is InChI=1S/C17H27N7O2/c1-22(8-9-25)11-15-20-21-17(23(15)2)13-4-6-24(7-5-13)14-10-16(26-3)19-12-18-14/h10,12-13,25H,4-9,11H2,1-3H3. The van der Waals surface area contributed by atoms with Gasteiger partial charge in [-0.05, 0) is 19.9 Å². The normalized spacial score (nSPS) is 15.7. The summed E-state index contributed by atoms with van der Waals surface area (Å²) in [6, 6.07) is 1.87. The monoisotopic (exact) mass is 361 g/mol. The summed E-state index contributed by atoms with van der Waals surface area (Å²) >= 11 is 0. The summed E-state index contributed by atoms with van der Waals surface area (Å²) in [6.45, 7) is 3.29. The van der Waals surface area contributed by atoms with Crippen LogP contribution in [-0.4, -0.2) is 75.1 Å². The number of anilines is 1. The van der Waals surface area contributed by atoms with E-state index in [1.807, 2.05) is 25.1 Å². The fourth-order valence-electron chi connectivity index (χ4n) is 3.34. The zero-order valence-electron chi connectivity index (χ0n) is 15.7. The molecule has 3 heterocycles. The van der Waals surface area contributed by atoms with Crippen LogP contribution < -0.4 is 9.64 Å². The van der Waals surface area contributed by atoms with E-state index < -0.39 is 0 Å². The molecule has 9 heteroatoms. The van der Waals surface area contributed by atoms with Crippen molar-refractivity contribution in [1.82, 2.24) is 29.6 Å². The van der Waals surface area contributed by atoms with Gasteiger partial charge in [-0.25, -0.2) is 9.97 Å². The van der Waals surface area contributed by atoms with E-state index in [4.69, 9.17) is 9.84 Å². The Bertz CT molecular complexity index is 713. The molecule has 0 amide bonds. The van der Waals surface area contributed by atoms with E-state index in [9.17, 15) is 0 Å². The zero-order valence-corrected chi connectivity index (χ0v) is 15.7. The first-order valence-electron chi connectivity index (χ1n) is 8.91. The number of methoxy groups -OCH3 is 1. The van der Waals surface area contributed by atoms with Gasteiger partial charge in [0.2, 0.25) is 5.88 Å². The summed E-state index contributed by atoms with van der Waals surface area (Å²) in [6.07, 6.45) is 3.55. The predicted octanol–water partition coefficient (Wildman–Crippen LogP) is 0.422. The van der Waals surface area contributed by atoms with Crippen LogP contribution in [0.4, 0.5) is 5.82 Å². The third kappa shape index (κ3) is 4.10. The van der Waals surface area contributed by atoms with Gasteiger partial charge < -0.3 is 19.3 Å². The Balaban J connectivity index is 1.62. The first-order chi connectivity index (χ1) is 12.6. The van der Waals surface area contributed by atoms with E-state index in [0.717, 1.165) is 43.4 Å². The van der Waals surface area contributed by atoms with Crippen molar-refractivity contribution in [3.05, 3.63) is 24.0 Å². The summed E-state index contributed by atoms with van der Waals surface area (Å²) in [7, 11) is 5.61. The van der Waals surface area contributed by atoms with Gasteiger partial charge in [0.1, 0.15) is 23.8 Å². The number of nitrogens with zero attached hydrogens (tertiary/aromatic N) is 7. The van der Waals surface area contributed by atoms with Crippen molar-refractivity contribution in [2.45, 2.75) is 25.3 Å². The van der Waals surface area contributed by atoms with Gasteiger partial charge in [-0.2, -0.15) is 0 Å². The number of hydrogen-bond acceptors (Lipinski definition) is 8. The average molecular weight is 361 g/mol. The molecule has 0 unspecified atom stereocenters. The number of hydrogen-bond donors (Lipinski definition) is 1. The van der Waals surface area contributed by atoms with Gasteiger partial charge in [0.15, 0.2) is 0 Å². The number of piperidine rings is 1. The fraction of sp³-hybridized carbons (Fsp3) is 0.647. The molecule has 1 aliphatic heterocycles. The second-order valence-corrected chi connectivity index (χ2v) is 6.67. The molecule has 1 fully saturated rings. The van der Waals surface area contributed by atoms with Crippen molar-refractivity contribution in [2.75, 3.05) is 45.3 Å². The lowest BCUT2D eigenvalue weighted by Crippen LogP contribution is -2.34. The lowest BCUT2D eigenvalue weighted by atomic mass is 9.96. The van der Waals surface area contributed by atoms with Crippen LogP contribution in [0.15, 0.2) is 12.4 Å². The van der Waals surface area contributed by atoms with Crippen molar-refractivity contribution in [3.63, 3.8) is 0 Å². The SMILES string of the molecule is COc1cc(N2CCC(c3nnc(CN(C)CCO)n3C)CC2)ncn1. The summed E-state index contributed by atoms with van der Waals surface area (Å²) in [5.74, 6) is 3.85. The molecule has 0 spiro atoms. The van der Waals surface area contributed by atoms with E-state index in [1.165, 1.54) is 6.33 Å². The van der Waals surface area contributed by atoms with Crippen LogP contribution in [0.25, 0.3) is 0 Å². The van der Waals surface area contributed by atoms with Gasteiger partial charge in [-0.1, -0.05) is 0 Å². The van der Waals surface area contributed by atoms with Crippen molar-refractivity contribution in [3.8, 4) is 5.88 Å². The van der Waals surface area contributed by atoms with Crippen molar-refractivity contribution in [1.29, 1.82) is 0 Å². The Labute approximate surface area is 153 Å². The number of rotatable bonds is 7. The van der Waals surface area contributed by atoms with E-state index in [2.05, 4.69) is 29.6 Å². The molecule has 0 aliphatic carbocycles. The van der Waals surface area contributed by atoms with Gasteiger partial charge in [0, 0.05) is 38.7 Å².